The summed E-state index contributed by atoms with van der Waals surface area (Å²) in [6, 6.07) is 4.85. The highest BCUT2D eigenvalue weighted by molar-refractivity contribution is 5.89. The Labute approximate surface area is 143 Å². The maximum Gasteiger partial charge on any atom is 0.372 e. The molecule has 0 unspecified atom stereocenters. The Morgan fingerprint density at radius 2 is 2.04 bits per heavy atom. The lowest BCUT2D eigenvalue weighted by Crippen LogP contribution is -2.31. The molecule has 5 heteroatoms. The Kier molecular flexibility index (Phi) is 6.35. The molecular formula is C19H28FNO3. The van der Waals surface area contributed by atoms with Gasteiger partial charge in [-0.15, -0.1) is 0 Å². The Morgan fingerprint density at radius 3 is 2.62 bits per heavy atom. The molecule has 1 aromatic carbocycles. The van der Waals surface area contributed by atoms with Crippen LogP contribution in [0.5, 0.6) is 0 Å². The number of rotatable bonds is 6. The molecule has 4 nitrogen and oxygen atoms in total. The zero-order valence-corrected chi connectivity index (χ0v) is 14.8. The Balaban J connectivity index is 2.08. The van der Waals surface area contributed by atoms with Gasteiger partial charge in [-0.05, 0) is 80.4 Å². The number of likely N-dealkylation sites (tertiary alicyclic amines) is 1. The second-order valence-corrected chi connectivity index (χ2v) is 7.55. The topological polar surface area (TPSA) is 49.8 Å². The van der Waals surface area contributed by atoms with Crippen LogP contribution in [0.1, 0.15) is 61.0 Å². The normalized spacial score (nSPS) is 17.0. The predicted molar refractivity (Wildman–Crippen MR) is 91.8 cm³/mol. The van der Waals surface area contributed by atoms with Gasteiger partial charge >= 0.3 is 5.97 Å². The van der Waals surface area contributed by atoms with Crippen LogP contribution in [0.3, 0.4) is 0 Å². The van der Waals surface area contributed by atoms with E-state index in [0.29, 0.717) is 5.56 Å². The highest BCUT2D eigenvalue weighted by Gasteiger charge is 2.27. The van der Waals surface area contributed by atoms with Crippen molar-refractivity contribution in [2.75, 3.05) is 20.1 Å². The lowest BCUT2D eigenvalue weighted by molar-refractivity contribution is -0.182. The number of carbonyl (C=O) groups is 1. The molecule has 1 aliphatic heterocycles. The third kappa shape index (κ3) is 4.54. The first kappa shape index (κ1) is 18.9. The van der Waals surface area contributed by atoms with Gasteiger partial charge in [0.05, 0.1) is 5.56 Å². The standard InChI is InChI=1S/C19H28FNO3/c1-19(2,9-6-14-7-10-21(3)11-8-14)17-5-4-15(18(22)24-23)12-16(17)13-20/h4-5,12,14,23H,6-11,13H2,1-3H3. The van der Waals surface area contributed by atoms with Crippen LogP contribution < -0.4 is 0 Å². The zero-order chi connectivity index (χ0) is 17.7. The summed E-state index contributed by atoms with van der Waals surface area (Å²) >= 11 is 0. The second kappa shape index (κ2) is 8.08. The van der Waals surface area contributed by atoms with Crippen LogP contribution in [0.4, 0.5) is 4.39 Å². The maximum atomic E-state index is 13.5. The molecule has 0 saturated carbocycles. The quantitative estimate of drug-likeness (QED) is 0.625. The van der Waals surface area contributed by atoms with E-state index in [2.05, 4.69) is 30.7 Å². The SMILES string of the molecule is CN1CCC(CCC(C)(C)c2ccc(C(=O)OO)cc2CF)CC1. The van der Waals surface area contributed by atoms with Crippen LogP contribution in [0.25, 0.3) is 0 Å². The number of hydrogen-bond donors (Lipinski definition) is 1. The van der Waals surface area contributed by atoms with E-state index in [-0.39, 0.29) is 11.0 Å². The van der Waals surface area contributed by atoms with E-state index in [1.807, 2.05) is 0 Å². The van der Waals surface area contributed by atoms with Crippen molar-refractivity contribution in [1.29, 1.82) is 0 Å². The molecule has 1 saturated heterocycles. The molecule has 0 spiro atoms. The number of hydrogen-bond acceptors (Lipinski definition) is 4. The third-order valence-electron chi connectivity index (χ3n) is 5.31. The summed E-state index contributed by atoms with van der Waals surface area (Å²) in [5, 5.41) is 8.48. The molecule has 2 rings (SSSR count). The summed E-state index contributed by atoms with van der Waals surface area (Å²) in [4.78, 5) is 17.5. The second-order valence-electron chi connectivity index (χ2n) is 7.55. The van der Waals surface area contributed by atoms with Gasteiger partial charge in [0, 0.05) is 0 Å². The average Bonchev–Trinajstić information content (AvgIpc) is 2.60. The molecule has 1 aliphatic rings. The maximum absolute atomic E-state index is 13.5. The molecule has 134 valence electrons. The van der Waals surface area contributed by atoms with E-state index < -0.39 is 12.6 Å². The van der Waals surface area contributed by atoms with Gasteiger partial charge in [-0.2, -0.15) is 5.26 Å². The summed E-state index contributed by atoms with van der Waals surface area (Å²) in [7, 11) is 2.16. The first-order valence-electron chi connectivity index (χ1n) is 8.61. The van der Waals surface area contributed by atoms with Crippen molar-refractivity contribution in [3.8, 4) is 0 Å². The minimum atomic E-state index is -0.861. The highest BCUT2D eigenvalue weighted by atomic mass is 19.1. The smallest absolute Gasteiger partial charge is 0.306 e. The molecule has 0 aliphatic carbocycles. The fourth-order valence-corrected chi connectivity index (χ4v) is 3.59. The first-order chi connectivity index (χ1) is 11.4. The third-order valence-corrected chi connectivity index (χ3v) is 5.31. The van der Waals surface area contributed by atoms with Gasteiger partial charge in [0.25, 0.3) is 0 Å². The van der Waals surface area contributed by atoms with Crippen LogP contribution in [0.2, 0.25) is 0 Å². The fourth-order valence-electron chi connectivity index (χ4n) is 3.59. The van der Waals surface area contributed by atoms with Gasteiger partial charge in [-0.25, -0.2) is 9.18 Å². The number of benzene rings is 1. The number of carbonyl (C=O) groups excluding carboxylic acids is 1. The molecule has 0 amide bonds. The van der Waals surface area contributed by atoms with Gasteiger partial charge in [0.15, 0.2) is 0 Å². The van der Waals surface area contributed by atoms with Crippen LogP contribution >= 0.6 is 0 Å². The van der Waals surface area contributed by atoms with E-state index in [1.165, 1.54) is 18.9 Å². The molecule has 0 aromatic heterocycles. The molecule has 1 fully saturated rings. The van der Waals surface area contributed by atoms with Gasteiger partial charge < -0.3 is 4.90 Å². The fraction of sp³-hybridized carbons (Fsp3) is 0.632. The van der Waals surface area contributed by atoms with E-state index in [4.69, 9.17) is 5.26 Å². The Morgan fingerprint density at radius 1 is 1.38 bits per heavy atom. The monoisotopic (exact) mass is 337 g/mol. The molecule has 24 heavy (non-hydrogen) atoms. The summed E-state index contributed by atoms with van der Waals surface area (Å²) in [6.45, 7) is 5.91. The minimum absolute atomic E-state index is 0.160. The van der Waals surface area contributed by atoms with Gasteiger partial charge in [-0.3, -0.25) is 4.89 Å². The molecule has 0 radical (unpaired) electrons. The van der Waals surface area contributed by atoms with Gasteiger partial charge in [0.1, 0.15) is 6.67 Å². The van der Waals surface area contributed by atoms with Crippen molar-refractivity contribution in [2.45, 2.75) is 51.6 Å². The molecule has 0 atom stereocenters. The van der Waals surface area contributed by atoms with Crippen molar-refractivity contribution >= 4 is 5.97 Å². The van der Waals surface area contributed by atoms with Crippen LogP contribution in [0.15, 0.2) is 18.2 Å². The number of nitrogens with zero attached hydrogens (tertiary/aromatic N) is 1. The highest BCUT2D eigenvalue weighted by Crippen LogP contribution is 2.35. The largest absolute Gasteiger partial charge is 0.372 e. The first-order valence-corrected chi connectivity index (χ1v) is 8.61. The van der Waals surface area contributed by atoms with Crippen molar-refractivity contribution in [2.24, 2.45) is 5.92 Å². The van der Waals surface area contributed by atoms with E-state index in [0.717, 1.165) is 37.4 Å². The lowest BCUT2D eigenvalue weighted by Gasteiger charge is -2.33. The summed E-state index contributed by atoms with van der Waals surface area (Å²) in [5.74, 6) is -0.127. The Hall–Kier alpha value is -1.46. The molecular weight excluding hydrogens is 309 g/mol. The number of piperidine rings is 1. The van der Waals surface area contributed by atoms with Crippen molar-refractivity contribution < 1.29 is 19.3 Å². The van der Waals surface area contributed by atoms with Gasteiger partial charge in [-0.1, -0.05) is 19.9 Å². The number of halogens is 1. The Bertz CT molecular complexity index is 566. The van der Waals surface area contributed by atoms with Crippen LogP contribution in [0, 0.1) is 5.92 Å². The summed E-state index contributed by atoms with van der Waals surface area (Å²) in [6.07, 6.45) is 4.57. The zero-order valence-electron chi connectivity index (χ0n) is 14.8. The van der Waals surface area contributed by atoms with Crippen LogP contribution in [-0.4, -0.2) is 36.3 Å². The predicted octanol–water partition coefficient (Wildman–Crippen LogP) is 4.19. The number of alkyl halides is 1. The van der Waals surface area contributed by atoms with Crippen molar-refractivity contribution in [1.82, 2.24) is 4.90 Å². The van der Waals surface area contributed by atoms with E-state index >= 15 is 0 Å². The van der Waals surface area contributed by atoms with E-state index in [1.54, 1.807) is 12.1 Å². The summed E-state index contributed by atoms with van der Waals surface area (Å²) in [5.41, 5.74) is 1.42. The average molecular weight is 337 g/mol. The summed E-state index contributed by atoms with van der Waals surface area (Å²) < 4.78 is 13.5. The minimum Gasteiger partial charge on any atom is -0.306 e. The van der Waals surface area contributed by atoms with Crippen LogP contribution in [-0.2, 0) is 17.0 Å². The van der Waals surface area contributed by atoms with Crippen molar-refractivity contribution in [3.05, 3.63) is 34.9 Å². The van der Waals surface area contributed by atoms with E-state index in [9.17, 15) is 9.18 Å². The molecule has 1 aromatic rings. The van der Waals surface area contributed by atoms with Gasteiger partial charge in [0.2, 0.25) is 0 Å². The molecule has 0 bridgehead atoms. The molecule has 1 N–H and O–H groups in total. The van der Waals surface area contributed by atoms with Crippen molar-refractivity contribution in [3.63, 3.8) is 0 Å². The molecule has 1 heterocycles. The lowest BCUT2D eigenvalue weighted by atomic mass is 9.75.